The molecule has 1 fully saturated rings. The molecule has 0 amide bonds. The van der Waals surface area contributed by atoms with Gasteiger partial charge in [-0.2, -0.15) is 0 Å². The number of piperazine rings is 1. The first kappa shape index (κ1) is 14.4. The first-order chi connectivity index (χ1) is 9.08. The summed E-state index contributed by atoms with van der Waals surface area (Å²) in [5, 5.41) is 7.10. The van der Waals surface area contributed by atoms with Gasteiger partial charge in [-0.05, 0) is 45.4 Å². The molecule has 1 aromatic carbocycles. The standard InChI is InChI=1S/C16H27N3/c1-12-9-13(2)16(14(3)10-12)18-6-5-15-11-17-7-8-19(15)4/h9-10,15,17-18H,5-8,11H2,1-4H3. The fourth-order valence-corrected chi connectivity index (χ4v) is 3.01. The maximum absolute atomic E-state index is 3.62. The van der Waals surface area contributed by atoms with Crippen molar-refractivity contribution in [3.05, 3.63) is 28.8 Å². The van der Waals surface area contributed by atoms with E-state index in [0.717, 1.165) is 26.2 Å². The highest BCUT2D eigenvalue weighted by Crippen LogP contribution is 2.22. The van der Waals surface area contributed by atoms with Crippen molar-refractivity contribution >= 4 is 5.69 Å². The Bertz CT molecular complexity index is 405. The molecule has 1 aromatic rings. The Morgan fingerprint density at radius 3 is 2.58 bits per heavy atom. The first-order valence-electron chi connectivity index (χ1n) is 7.30. The molecule has 106 valence electrons. The molecule has 3 nitrogen and oxygen atoms in total. The predicted molar refractivity (Wildman–Crippen MR) is 83.0 cm³/mol. The summed E-state index contributed by atoms with van der Waals surface area (Å²) in [6, 6.07) is 5.17. The average Bonchev–Trinajstić information content (AvgIpc) is 2.34. The summed E-state index contributed by atoms with van der Waals surface area (Å²) in [4.78, 5) is 2.47. The summed E-state index contributed by atoms with van der Waals surface area (Å²) >= 11 is 0. The molecular weight excluding hydrogens is 234 g/mol. The lowest BCUT2D eigenvalue weighted by Gasteiger charge is -2.33. The van der Waals surface area contributed by atoms with Crippen molar-refractivity contribution in [3.8, 4) is 0 Å². The van der Waals surface area contributed by atoms with Gasteiger partial charge in [0.1, 0.15) is 0 Å². The fraction of sp³-hybridized carbons (Fsp3) is 0.625. The number of aryl methyl sites for hydroxylation is 3. The number of hydrogen-bond acceptors (Lipinski definition) is 3. The minimum atomic E-state index is 0.660. The summed E-state index contributed by atoms with van der Waals surface area (Å²) in [6.45, 7) is 11.0. The second kappa shape index (κ2) is 6.40. The Morgan fingerprint density at radius 1 is 1.26 bits per heavy atom. The van der Waals surface area contributed by atoms with E-state index in [9.17, 15) is 0 Å². The molecule has 1 aliphatic heterocycles. The summed E-state index contributed by atoms with van der Waals surface area (Å²) in [5.74, 6) is 0. The molecule has 0 aliphatic carbocycles. The van der Waals surface area contributed by atoms with E-state index in [-0.39, 0.29) is 0 Å². The number of rotatable bonds is 4. The van der Waals surface area contributed by atoms with Crippen LogP contribution in [-0.2, 0) is 0 Å². The Labute approximate surface area is 117 Å². The molecule has 19 heavy (non-hydrogen) atoms. The molecule has 1 aliphatic rings. The van der Waals surface area contributed by atoms with E-state index in [1.807, 2.05) is 0 Å². The van der Waals surface area contributed by atoms with Crippen LogP contribution in [0.4, 0.5) is 5.69 Å². The summed E-state index contributed by atoms with van der Waals surface area (Å²) in [7, 11) is 2.23. The second-order valence-corrected chi connectivity index (χ2v) is 5.83. The highest BCUT2D eigenvalue weighted by molar-refractivity contribution is 5.58. The SMILES string of the molecule is Cc1cc(C)c(NCCC2CNCCN2C)c(C)c1. The molecule has 0 aromatic heterocycles. The fourth-order valence-electron chi connectivity index (χ4n) is 3.01. The quantitative estimate of drug-likeness (QED) is 0.871. The topological polar surface area (TPSA) is 27.3 Å². The zero-order valence-electron chi connectivity index (χ0n) is 12.7. The van der Waals surface area contributed by atoms with Crippen LogP contribution in [0.25, 0.3) is 0 Å². The van der Waals surface area contributed by atoms with Gasteiger partial charge in [-0.15, -0.1) is 0 Å². The lowest BCUT2D eigenvalue weighted by Crippen LogP contribution is -2.49. The molecule has 2 rings (SSSR count). The van der Waals surface area contributed by atoms with Crippen molar-refractivity contribution in [2.45, 2.75) is 33.2 Å². The van der Waals surface area contributed by atoms with Crippen LogP contribution in [0.2, 0.25) is 0 Å². The van der Waals surface area contributed by atoms with Crippen molar-refractivity contribution in [3.63, 3.8) is 0 Å². The zero-order chi connectivity index (χ0) is 13.8. The molecule has 0 bridgehead atoms. The number of nitrogens with zero attached hydrogens (tertiary/aromatic N) is 1. The number of nitrogens with one attached hydrogen (secondary N) is 2. The van der Waals surface area contributed by atoms with E-state index >= 15 is 0 Å². The number of hydrogen-bond donors (Lipinski definition) is 2. The van der Waals surface area contributed by atoms with E-state index in [1.54, 1.807) is 0 Å². The van der Waals surface area contributed by atoms with Gasteiger partial charge in [0.15, 0.2) is 0 Å². The van der Waals surface area contributed by atoms with E-state index in [4.69, 9.17) is 0 Å². The van der Waals surface area contributed by atoms with Gasteiger partial charge in [0.25, 0.3) is 0 Å². The van der Waals surface area contributed by atoms with Crippen molar-refractivity contribution in [2.24, 2.45) is 0 Å². The maximum atomic E-state index is 3.62. The van der Waals surface area contributed by atoms with E-state index in [1.165, 1.54) is 28.8 Å². The van der Waals surface area contributed by atoms with Crippen molar-refractivity contribution < 1.29 is 0 Å². The van der Waals surface area contributed by atoms with E-state index in [0.29, 0.717) is 6.04 Å². The monoisotopic (exact) mass is 261 g/mol. The third-order valence-corrected chi connectivity index (χ3v) is 4.10. The Hall–Kier alpha value is -1.06. The Balaban J connectivity index is 1.89. The van der Waals surface area contributed by atoms with Crippen molar-refractivity contribution in [1.82, 2.24) is 10.2 Å². The van der Waals surface area contributed by atoms with E-state index < -0.39 is 0 Å². The minimum Gasteiger partial charge on any atom is -0.385 e. The number of anilines is 1. The highest BCUT2D eigenvalue weighted by Gasteiger charge is 2.17. The van der Waals surface area contributed by atoms with Gasteiger partial charge in [0, 0.05) is 37.9 Å². The van der Waals surface area contributed by atoms with Crippen molar-refractivity contribution in [2.75, 3.05) is 38.5 Å². The van der Waals surface area contributed by atoms with Gasteiger partial charge >= 0.3 is 0 Å². The molecule has 1 heterocycles. The molecular formula is C16H27N3. The van der Waals surface area contributed by atoms with Gasteiger partial charge in [-0.1, -0.05) is 17.7 Å². The second-order valence-electron chi connectivity index (χ2n) is 5.83. The first-order valence-corrected chi connectivity index (χ1v) is 7.30. The normalized spacial score (nSPS) is 20.5. The maximum Gasteiger partial charge on any atom is 0.0399 e. The summed E-state index contributed by atoms with van der Waals surface area (Å²) in [5.41, 5.74) is 5.37. The van der Waals surface area contributed by atoms with Crippen LogP contribution < -0.4 is 10.6 Å². The lowest BCUT2D eigenvalue weighted by molar-refractivity contribution is 0.194. The summed E-state index contributed by atoms with van der Waals surface area (Å²) < 4.78 is 0. The van der Waals surface area contributed by atoms with Crippen molar-refractivity contribution in [1.29, 1.82) is 0 Å². The molecule has 0 radical (unpaired) electrons. The van der Waals surface area contributed by atoms with Crippen LogP contribution >= 0.6 is 0 Å². The lowest BCUT2D eigenvalue weighted by atomic mass is 10.0. The molecule has 1 saturated heterocycles. The molecule has 3 heteroatoms. The number of benzene rings is 1. The van der Waals surface area contributed by atoms with E-state index in [2.05, 4.69) is 55.5 Å². The zero-order valence-corrected chi connectivity index (χ0v) is 12.7. The molecule has 0 saturated carbocycles. The van der Waals surface area contributed by atoms with Gasteiger partial charge in [0.2, 0.25) is 0 Å². The van der Waals surface area contributed by atoms with Gasteiger partial charge < -0.3 is 15.5 Å². The Kier molecular flexibility index (Phi) is 4.83. The molecule has 1 unspecified atom stereocenters. The van der Waals surface area contributed by atoms with Gasteiger partial charge in [0.05, 0.1) is 0 Å². The Morgan fingerprint density at radius 2 is 1.95 bits per heavy atom. The van der Waals surface area contributed by atoms with Crippen LogP contribution in [0.5, 0.6) is 0 Å². The molecule has 2 N–H and O–H groups in total. The minimum absolute atomic E-state index is 0.660. The highest BCUT2D eigenvalue weighted by atomic mass is 15.2. The number of likely N-dealkylation sites (N-methyl/N-ethyl adjacent to an activating group) is 1. The van der Waals surface area contributed by atoms with Crippen LogP contribution in [-0.4, -0.2) is 44.2 Å². The van der Waals surface area contributed by atoms with Crippen LogP contribution in [0.3, 0.4) is 0 Å². The molecule has 1 atom stereocenters. The van der Waals surface area contributed by atoms with Crippen LogP contribution in [0.15, 0.2) is 12.1 Å². The average molecular weight is 261 g/mol. The smallest absolute Gasteiger partial charge is 0.0399 e. The predicted octanol–water partition coefficient (Wildman–Crippen LogP) is 2.32. The van der Waals surface area contributed by atoms with Crippen LogP contribution in [0, 0.1) is 20.8 Å². The largest absolute Gasteiger partial charge is 0.385 e. The van der Waals surface area contributed by atoms with Gasteiger partial charge in [-0.25, -0.2) is 0 Å². The third kappa shape index (κ3) is 3.71. The third-order valence-electron chi connectivity index (χ3n) is 4.10. The van der Waals surface area contributed by atoms with Crippen LogP contribution in [0.1, 0.15) is 23.1 Å². The summed E-state index contributed by atoms with van der Waals surface area (Å²) in [6.07, 6.45) is 1.19. The molecule has 0 spiro atoms. The van der Waals surface area contributed by atoms with Gasteiger partial charge in [-0.3, -0.25) is 0 Å².